The van der Waals surface area contributed by atoms with Crippen molar-refractivity contribution < 1.29 is 68.9 Å². The average Bonchev–Trinajstić information content (AvgIpc) is 1.60. The summed E-state index contributed by atoms with van der Waals surface area (Å²) in [5.74, 6) is -2.71. The number of amides is 3. The SMILES string of the molecule is Cc1ccc(S(=O)(=O)O[C@@H]2CCOC2)cc1.[C-]#[N+]c1ccc(N2C(=O)C(C)(C)N(c3ccc(O)c(F)c3)C2=S)cc1C.[C-]#[N+]c1ccc(N2C(=O)C(C)(C)N(c3ccc(O[C@H]4CCOC4)c(F)c3)C2=S)cc1C.[C-]#[N+]c1ccc(N2C(=O)C(C)(C)N(c3ccc(O[C@H]4CCOC4)c(F)c3)C2=S)cc1C. The number of rotatable bonds is 13. The highest BCUT2D eigenvalue weighted by Gasteiger charge is 2.53. The summed E-state index contributed by atoms with van der Waals surface area (Å²) in [5, 5.41) is 10.1. The summed E-state index contributed by atoms with van der Waals surface area (Å²) in [6.07, 6.45) is 1.41. The minimum absolute atomic E-state index is 0.149. The maximum absolute atomic E-state index is 14.8. The molecule has 3 atom stereocenters. The second-order valence-corrected chi connectivity index (χ2v) is 29.3. The van der Waals surface area contributed by atoms with Crippen LogP contribution >= 0.6 is 36.7 Å². The molecule has 7 aromatic carbocycles. The van der Waals surface area contributed by atoms with Gasteiger partial charge in [-0.2, -0.15) is 8.42 Å². The van der Waals surface area contributed by atoms with Crippen LogP contribution < -0.4 is 38.9 Å². The Balaban J connectivity index is 0.000000152. The number of carbonyl (C=O) groups excluding carboxylic acids is 3. The van der Waals surface area contributed by atoms with Crippen molar-refractivity contribution in [2.24, 2.45) is 0 Å². The van der Waals surface area contributed by atoms with Gasteiger partial charge in [0.2, 0.25) is 0 Å². The number of carbonyl (C=O) groups is 3. The number of nitrogens with zero attached hydrogens (tertiary/aromatic N) is 9. The Kier molecular flexibility index (Phi) is 23.0. The third-order valence-electron chi connectivity index (χ3n) is 18.0. The molecule has 6 saturated heterocycles. The lowest BCUT2D eigenvalue weighted by atomic mass is 10.0. The van der Waals surface area contributed by atoms with Gasteiger partial charge < -0.3 is 43.5 Å². The maximum atomic E-state index is 14.8. The van der Waals surface area contributed by atoms with Crippen molar-refractivity contribution >= 4 is 131 Å². The molecule has 1 N–H and O–H groups in total. The largest absolute Gasteiger partial charge is 0.505 e. The number of anilines is 6. The van der Waals surface area contributed by atoms with E-state index in [9.17, 15) is 41.1 Å². The third kappa shape index (κ3) is 15.8. The first-order valence-corrected chi connectivity index (χ1v) is 35.5. The number of hydrogen-bond donors (Lipinski definition) is 1. The highest BCUT2D eigenvalue weighted by molar-refractivity contribution is 7.86. The van der Waals surface area contributed by atoms with Gasteiger partial charge in [-0.25, -0.2) is 27.7 Å². The van der Waals surface area contributed by atoms with Crippen molar-refractivity contribution in [1.29, 1.82) is 0 Å². The summed E-state index contributed by atoms with van der Waals surface area (Å²) in [7, 11) is -3.64. The van der Waals surface area contributed by atoms with Crippen molar-refractivity contribution in [2.75, 3.05) is 69.0 Å². The Morgan fingerprint density at radius 3 is 1.08 bits per heavy atom. The van der Waals surface area contributed by atoms with Crippen LogP contribution in [0.25, 0.3) is 14.5 Å². The number of phenolic OH excluding ortho intramolecular Hbond substituents is 1. The van der Waals surface area contributed by atoms with Crippen LogP contribution in [0.2, 0.25) is 0 Å². The van der Waals surface area contributed by atoms with E-state index in [0.29, 0.717) is 97.2 Å². The van der Waals surface area contributed by atoms with E-state index in [-0.39, 0.29) is 67.8 Å². The van der Waals surface area contributed by atoms with Gasteiger partial charge in [0.1, 0.15) is 34.9 Å². The van der Waals surface area contributed by atoms with Crippen molar-refractivity contribution in [2.45, 2.75) is 128 Å². The molecule has 21 nitrogen and oxygen atoms in total. The van der Waals surface area contributed by atoms with E-state index in [1.54, 1.807) is 166 Å². The monoisotopic (exact) mass is 1490 g/mol. The number of ether oxygens (including phenoxy) is 5. The lowest BCUT2D eigenvalue weighted by molar-refractivity contribution is -0.121. The van der Waals surface area contributed by atoms with Crippen LogP contribution in [-0.2, 0) is 42.9 Å². The Bertz CT molecular complexity index is 4640. The number of phenols is 1. The van der Waals surface area contributed by atoms with E-state index in [0.717, 1.165) is 41.2 Å². The number of thiocarbonyl (C=S) groups is 3. The minimum atomic E-state index is -3.64. The fraction of sp³-hybridized carbons (Fsp3) is 0.329. The van der Waals surface area contributed by atoms with Crippen molar-refractivity contribution in [3.63, 3.8) is 0 Å². The molecule has 6 aliphatic rings. The number of benzene rings is 7. The first-order chi connectivity index (χ1) is 49.2. The lowest BCUT2D eigenvalue weighted by Gasteiger charge is -2.29. The molecule has 13 rings (SSSR count). The Morgan fingerprint density at radius 1 is 0.462 bits per heavy atom. The van der Waals surface area contributed by atoms with Crippen LogP contribution in [0.1, 0.15) is 83.1 Å². The molecule has 6 fully saturated rings. The second-order valence-electron chi connectivity index (χ2n) is 26.6. The van der Waals surface area contributed by atoms with Crippen LogP contribution in [0.4, 0.5) is 64.4 Å². The maximum Gasteiger partial charge on any atom is 0.297 e. The molecule has 0 radical (unpaired) electrons. The Morgan fingerprint density at radius 2 is 0.779 bits per heavy atom. The molecule has 3 amide bonds. The standard InChI is InChI=1S/2C23H22FN3O3S.C19H16FN3O2S.C11H14O4S/c2*1-14-11-15(5-7-19(14)25-4)26-21(28)23(2,3)27(22(26)31)16-6-8-20(18(24)12-16)30-17-9-10-29-13-17;1-11-9-12(5-7-15(11)21-4)22-17(25)19(2,3)23(18(22)26)13-6-8-16(24)14(20)10-13;1-9-2-4-11(5-3-9)16(12,13)15-10-6-7-14-8-10/h2*5-8,11-12,17H,9-10,13H2,1-3H3;5-10,24H,1-3H3;2-5,10H,6-8H2,1H3/t2*17-;;10-/m00.1/s1. The molecule has 7 aromatic rings. The second kappa shape index (κ2) is 31.2. The van der Waals surface area contributed by atoms with Gasteiger partial charge in [0.05, 0.1) is 57.6 Å². The molecular formula is C76H74F3N9O12S4. The van der Waals surface area contributed by atoms with Crippen LogP contribution in [0.15, 0.2) is 138 Å². The summed E-state index contributed by atoms with van der Waals surface area (Å²) in [6.45, 7) is 42.3. The minimum Gasteiger partial charge on any atom is -0.505 e. The molecule has 104 heavy (non-hydrogen) atoms. The lowest BCUT2D eigenvalue weighted by Crippen LogP contribution is -2.44. The Hall–Kier alpha value is -9.93. The van der Waals surface area contributed by atoms with Crippen molar-refractivity contribution in [1.82, 2.24) is 0 Å². The summed E-state index contributed by atoms with van der Waals surface area (Å²) in [5.41, 5.74) is 4.75. The third-order valence-corrected chi connectivity index (χ3v) is 20.5. The quantitative estimate of drug-likeness (QED) is 0.0650. The van der Waals surface area contributed by atoms with E-state index >= 15 is 0 Å². The average molecular weight is 1490 g/mol. The molecule has 540 valence electrons. The smallest absolute Gasteiger partial charge is 0.297 e. The summed E-state index contributed by atoms with van der Waals surface area (Å²) in [6, 6.07) is 35.0. The first-order valence-electron chi connectivity index (χ1n) is 32.9. The molecule has 28 heteroatoms. The topological polar surface area (TPSA) is 193 Å². The molecule has 0 spiro atoms. The fourth-order valence-corrected chi connectivity index (χ4v) is 14.9. The van der Waals surface area contributed by atoms with Crippen LogP contribution in [0.5, 0.6) is 17.2 Å². The van der Waals surface area contributed by atoms with Crippen molar-refractivity contribution in [3.8, 4) is 17.2 Å². The summed E-state index contributed by atoms with van der Waals surface area (Å²) in [4.78, 5) is 59.3. The van der Waals surface area contributed by atoms with E-state index in [1.807, 2.05) is 20.8 Å². The summed E-state index contributed by atoms with van der Waals surface area (Å²) < 4.78 is 99.2. The van der Waals surface area contributed by atoms with Gasteiger partial charge in [-0.05, 0) is 208 Å². The highest BCUT2D eigenvalue weighted by atomic mass is 32.2. The number of hydrogen-bond acceptors (Lipinski definition) is 15. The predicted octanol–water partition coefficient (Wildman–Crippen LogP) is 15.3. The zero-order valence-electron chi connectivity index (χ0n) is 58.5. The molecule has 0 unspecified atom stereocenters. The van der Waals surface area contributed by atoms with Gasteiger partial charge in [0.25, 0.3) is 27.8 Å². The van der Waals surface area contributed by atoms with E-state index in [1.165, 1.54) is 39.0 Å². The normalized spacial score (nSPS) is 19.4. The fourth-order valence-electron chi connectivity index (χ4n) is 12.3. The molecular weight excluding hydrogens is 1420 g/mol. The number of aromatic hydroxyl groups is 1. The zero-order chi connectivity index (χ0) is 75.5. The molecule has 0 aliphatic carbocycles. The van der Waals surface area contributed by atoms with Gasteiger partial charge in [-0.1, -0.05) is 35.9 Å². The van der Waals surface area contributed by atoms with Gasteiger partial charge in [0, 0.05) is 78.2 Å². The molecule has 6 aliphatic heterocycles. The predicted molar refractivity (Wildman–Crippen MR) is 401 cm³/mol. The van der Waals surface area contributed by atoms with Crippen molar-refractivity contribution in [3.05, 3.63) is 207 Å². The van der Waals surface area contributed by atoms with E-state index < -0.39 is 49.9 Å². The van der Waals surface area contributed by atoms with Gasteiger partial charge in [0.15, 0.2) is 67.1 Å². The number of halogens is 3. The van der Waals surface area contributed by atoms with Gasteiger partial charge >= 0.3 is 0 Å². The molecule has 6 heterocycles. The van der Waals surface area contributed by atoms with E-state index in [4.69, 9.17) is 84.2 Å². The van der Waals surface area contributed by atoms with Crippen LogP contribution in [-0.4, -0.2) is 121 Å². The highest BCUT2D eigenvalue weighted by Crippen LogP contribution is 2.43. The van der Waals surface area contributed by atoms with Crippen LogP contribution in [0.3, 0.4) is 0 Å². The molecule has 0 aromatic heterocycles. The molecule has 0 saturated carbocycles. The molecule has 0 bridgehead atoms. The number of aryl methyl sites for hydroxylation is 4. The van der Waals surface area contributed by atoms with E-state index in [2.05, 4.69) is 14.5 Å². The first kappa shape index (κ1) is 76.7. The Labute approximate surface area is 618 Å². The van der Waals surface area contributed by atoms with Gasteiger partial charge in [-0.15, -0.1) is 0 Å². The van der Waals surface area contributed by atoms with Gasteiger partial charge in [-0.3, -0.25) is 33.3 Å². The summed E-state index contributed by atoms with van der Waals surface area (Å²) >= 11 is 16.8. The zero-order valence-corrected chi connectivity index (χ0v) is 61.8. The van der Waals surface area contributed by atoms with Crippen LogP contribution in [0, 0.1) is 64.9 Å².